The summed E-state index contributed by atoms with van der Waals surface area (Å²) < 4.78 is 0. The lowest BCUT2D eigenvalue weighted by atomic mass is 9.89. The van der Waals surface area contributed by atoms with Gasteiger partial charge in [-0.3, -0.25) is 0 Å². The quantitative estimate of drug-likeness (QED) is 0.607. The fraction of sp³-hybridized carbons (Fsp3) is 0.321. The van der Waals surface area contributed by atoms with E-state index in [4.69, 9.17) is 4.99 Å². The van der Waals surface area contributed by atoms with Gasteiger partial charge >= 0.3 is 0 Å². The van der Waals surface area contributed by atoms with Crippen LogP contribution in [-0.2, 0) is 6.42 Å². The minimum atomic E-state index is -0.189. The van der Waals surface area contributed by atoms with Crippen molar-refractivity contribution in [2.75, 3.05) is 20.7 Å². The summed E-state index contributed by atoms with van der Waals surface area (Å²) in [6.07, 6.45) is 0.715. The molecule has 0 amide bonds. The zero-order valence-electron chi connectivity index (χ0n) is 19.4. The van der Waals surface area contributed by atoms with Gasteiger partial charge in [0.25, 0.3) is 0 Å². The van der Waals surface area contributed by atoms with Crippen LogP contribution in [0.2, 0.25) is 0 Å². The van der Waals surface area contributed by atoms with E-state index in [0.717, 1.165) is 5.96 Å². The molecule has 1 heterocycles. The Labute approximate surface area is 191 Å². The molecular weight excluding hydrogens is 394 g/mol. The lowest BCUT2D eigenvalue weighted by molar-refractivity contribution is 0.264. The summed E-state index contributed by atoms with van der Waals surface area (Å²) in [4.78, 5) is 9.65. The van der Waals surface area contributed by atoms with Gasteiger partial charge in [0.05, 0.1) is 24.7 Å². The third-order valence-corrected chi connectivity index (χ3v) is 6.60. The van der Waals surface area contributed by atoms with Crippen LogP contribution in [0.15, 0.2) is 83.9 Å². The van der Waals surface area contributed by atoms with Crippen molar-refractivity contribution < 1.29 is 5.11 Å². The summed E-state index contributed by atoms with van der Waals surface area (Å²) in [5.74, 6) is 0.918. The van der Waals surface area contributed by atoms with E-state index in [0.29, 0.717) is 6.42 Å². The Hall–Kier alpha value is -3.11. The van der Waals surface area contributed by atoms with Crippen molar-refractivity contribution in [3.63, 3.8) is 0 Å². The van der Waals surface area contributed by atoms with E-state index in [1.165, 1.54) is 27.8 Å². The van der Waals surface area contributed by atoms with E-state index >= 15 is 0 Å². The summed E-state index contributed by atoms with van der Waals surface area (Å²) in [5.41, 5.74) is 6.36. The van der Waals surface area contributed by atoms with Gasteiger partial charge in [0.2, 0.25) is 0 Å². The summed E-state index contributed by atoms with van der Waals surface area (Å²) >= 11 is 0. The van der Waals surface area contributed by atoms with Crippen molar-refractivity contribution in [3.8, 4) is 0 Å². The van der Waals surface area contributed by atoms with E-state index in [-0.39, 0.29) is 24.7 Å². The van der Waals surface area contributed by atoms with E-state index in [1.54, 1.807) is 0 Å². The van der Waals surface area contributed by atoms with Crippen molar-refractivity contribution in [3.05, 3.63) is 107 Å². The van der Waals surface area contributed by atoms with Gasteiger partial charge in [0.15, 0.2) is 5.96 Å². The smallest absolute Gasteiger partial charge is 0.197 e. The van der Waals surface area contributed by atoms with Gasteiger partial charge in [0, 0.05) is 14.1 Å². The number of aliphatic hydroxyl groups is 1. The Balaban J connectivity index is 1.77. The second-order valence-electron chi connectivity index (χ2n) is 8.78. The molecule has 166 valence electrons. The van der Waals surface area contributed by atoms with Crippen LogP contribution in [0.5, 0.6) is 0 Å². The van der Waals surface area contributed by atoms with Crippen LogP contribution < -0.4 is 0 Å². The predicted octanol–water partition coefficient (Wildman–Crippen LogP) is 4.92. The highest BCUT2D eigenvalue weighted by molar-refractivity contribution is 5.84. The van der Waals surface area contributed by atoms with Crippen LogP contribution in [0.4, 0.5) is 0 Å². The minimum Gasteiger partial charge on any atom is -0.394 e. The van der Waals surface area contributed by atoms with Crippen LogP contribution in [0.25, 0.3) is 0 Å². The normalized spacial score (nSPS) is 19.3. The summed E-state index contributed by atoms with van der Waals surface area (Å²) in [5, 5.41) is 10.1. The van der Waals surface area contributed by atoms with Gasteiger partial charge in [-0.1, -0.05) is 78.9 Å². The number of likely N-dealkylation sites (N-methyl/N-ethyl adjacent to an activating group) is 2. The van der Waals surface area contributed by atoms with Crippen molar-refractivity contribution in [1.29, 1.82) is 0 Å². The predicted molar refractivity (Wildman–Crippen MR) is 132 cm³/mol. The van der Waals surface area contributed by atoms with Crippen LogP contribution in [0.3, 0.4) is 0 Å². The largest absolute Gasteiger partial charge is 0.394 e. The molecule has 0 bridgehead atoms. The first kappa shape index (κ1) is 22.1. The second kappa shape index (κ2) is 9.58. The van der Waals surface area contributed by atoms with Crippen molar-refractivity contribution in [2.45, 2.75) is 38.4 Å². The van der Waals surface area contributed by atoms with Crippen LogP contribution in [0, 0.1) is 13.8 Å². The first-order valence-corrected chi connectivity index (χ1v) is 11.3. The number of aliphatic imine (C=N–C) groups is 1. The third-order valence-electron chi connectivity index (χ3n) is 6.60. The first-order valence-electron chi connectivity index (χ1n) is 11.3. The highest BCUT2D eigenvalue weighted by Gasteiger charge is 2.43. The maximum Gasteiger partial charge on any atom is 0.197 e. The Morgan fingerprint density at radius 3 is 1.69 bits per heavy atom. The Kier molecular flexibility index (Phi) is 6.61. The SMILES string of the molecule is Cc1ccccc1[C@H]1[C@H](c2ccccc2C)N(C)C(=N[C@H](CO)Cc2ccccc2)N1C. The third kappa shape index (κ3) is 4.28. The maximum absolute atomic E-state index is 10.1. The van der Waals surface area contributed by atoms with Crippen molar-refractivity contribution >= 4 is 5.96 Å². The number of rotatable bonds is 6. The van der Waals surface area contributed by atoms with Crippen LogP contribution in [0.1, 0.15) is 39.9 Å². The van der Waals surface area contributed by atoms with Crippen LogP contribution >= 0.6 is 0 Å². The molecule has 1 fully saturated rings. The Morgan fingerprint density at radius 1 is 0.750 bits per heavy atom. The number of benzene rings is 3. The van der Waals surface area contributed by atoms with Gasteiger partial charge in [0.1, 0.15) is 0 Å². The molecule has 4 rings (SSSR count). The summed E-state index contributed by atoms with van der Waals surface area (Å²) in [6.45, 7) is 4.38. The molecular formula is C28H33N3O. The number of hydrogen-bond acceptors (Lipinski definition) is 2. The molecule has 4 nitrogen and oxygen atoms in total. The van der Waals surface area contributed by atoms with E-state index < -0.39 is 0 Å². The van der Waals surface area contributed by atoms with E-state index in [2.05, 4.69) is 98.4 Å². The van der Waals surface area contributed by atoms with Gasteiger partial charge < -0.3 is 14.9 Å². The Bertz CT molecular complexity index is 1020. The second-order valence-corrected chi connectivity index (χ2v) is 8.78. The molecule has 0 aromatic heterocycles. The molecule has 0 aliphatic carbocycles. The molecule has 0 saturated carbocycles. The van der Waals surface area contributed by atoms with Gasteiger partial charge in [-0.05, 0) is 48.1 Å². The topological polar surface area (TPSA) is 39.1 Å². The van der Waals surface area contributed by atoms with Crippen molar-refractivity contribution in [2.24, 2.45) is 4.99 Å². The Morgan fingerprint density at radius 2 is 1.22 bits per heavy atom. The van der Waals surface area contributed by atoms with E-state index in [9.17, 15) is 5.11 Å². The number of aliphatic hydroxyl groups excluding tert-OH is 1. The van der Waals surface area contributed by atoms with Gasteiger partial charge in [-0.15, -0.1) is 0 Å². The molecule has 1 aliphatic rings. The standard InChI is InChI=1S/C28H33N3O/c1-20-12-8-10-16-24(20)26-27(25-17-11-9-13-21(25)2)31(4)28(30(26)3)29-23(19-32)18-22-14-6-5-7-15-22/h5-17,23,26-27,32H,18-19H2,1-4H3/t23-,26-,27-/m0/s1. The average molecular weight is 428 g/mol. The number of aryl methyl sites for hydroxylation is 2. The molecule has 1 aliphatic heterocycles. The molecule has 3 aromatic carbocycles. The molecule has 0 spiro atoms. The number of nitrogens with zero attached hydrogens (tertiary/aromatic N) is 3. The fourth-order valence-electron chi connectivity index (χ4n) is 4.90. The maximum atomic E-state index is 10.1. The molecule has 1 saturated heterocycles. The summed E-state index contributed by atoms with van der Waals surface area (Å²) in [7, 11) is 4.25. The first-order chi connectivity index (χ1) is 15.5. The number of guanidine groups is 1. The molecule has 3 atom stereocenters. The lowest BCUT2D eigenvalue weighted by Gasteiger charge is -2.28. The number of hydrogen-bond donors (Lipinski definition) is 1. The van der Waals surface area contributed by atoms with Gasteiger partial charge in [-0.2, -0.15) is 0 Å². The molecule has 4 heteroatoms. The highest BCUT2D eigenvalue weighted by atomic mass is 16.3. The van der Waals surface area contributed by atoms with Crippen LogP contribution in [-0.4, -0.2) is 47.6 Å². The van der Waals surface area contributed by atoms with Gasteiger partial charge in [-0.25, -0.2) is 4.99 Å². The minimum absolute atomic E-state index is 0.0180. The lowest BCUT2D eigenvalue weighted by Crippen LogP contribution is -2.32. The van der Waals surface area contributed by atoms with E-state index in [1.807, 2.05) is 18.2 Å². The average Bonchev–Trinajstić information content (AvgIpc) is 3.04. The summed E-state index contributed by atoms with van der Waals surface area (Å²) in [6, 6.07) is 27.6. The monoisotopic (exact) mass is 427 g/mol. The molecule has 32 heavy (non-hydrogen) atoms. The zero-order valence-corrected chi connectivity index (χ0v) is 19.4. The fourth-order valence-corrected chi connectivity index (χ4v) is 4.90. The zero-order chi connectivity index (χ0) is 22.7. The molecule has 0 unspecified atom stereocenters. The highest BCUT2D eigenvalue weighted by Crippen LogP contribution is 2.45. The molecule has 0 radical (unpaired) electrons. The molecule has 3 aromatic rings. The molecule has 1 N–H and O–H groups in total. The van der Waals surface area contributed by atoms with Crippen molar-refractivity contribution in [1.82, 2.24) is 9.80 Å².